The predicted molar refractivity (Wildman–Crippen MR) is 115 cm³/mol. The molecule has 0 bridgehead atoms. The van der Waals surface area contributed by atoms with E-state index in [0.29, 0.717) is 0 Å². The summed E-state index contributed by atoms with van der Waals surface area (Å²) in [5.41, 5.74) is 1.47. The van der Waals surface area contributed by atoms with E-state index in [1.165, 1.54) is 25.5 Å². The molecule has 2 fully saturated rings. The number of ether oxygens (including phenoxy) is 1. The van der Waals surface area contributed by atoms with Crippen LogP contribution < -0.4 is 5.32 Å². The lowest BCUT2D eigenvalue weighted by molar-refractivity contribution is -0.146. The fourth-order valence-electron chi connectivity index (χ4n) is 3.61. The second kappa shape index (κ2) is 9.26. The second-order valence-corrected chi connectivity index (χ2v) is 7.41. The number of carbonyl (C=O) groups is 1. The zero-order chi connectivity index (χ0) is 17.9. The first-order valence-corrected chi connectivity index (χ1v) is 9.25. The molecular weight excluding hydrogens is 465 g/mol. The van der Waals surface area contributed by atoms with Gasteiger partial charge >= 0.3 is 5.97 Å². The van der Waals surface area contributed by atoms with Gasteiger partial charge < -0.3 is 15.0 Å². The Bertz CT molecular complexity index is 656. The van der Waals surface area contributed by atoms with Gasteiger partial charge in [0.15, 0.2) is 5.96 Å². The lowest BCUT2D eigenvalue weighted by Crippen LogP contribution is -2.48. The van der Waals surface area contributed by atoms with Gasteiger partial charge in [-0.05, 0) is 43.4 Å². The van der Waals surface area contributed by atoms with Crippen LogP contribution in [0.15, 0.2) is 29.3 Å². The van der Waals surface area contributed by atoms with Crippen molar-refractivity contribution in [2.24, 2.45) is 10.9 Å². The zero-order valence-electron chi connectivity index (χ0n) is 15.3. The number of esters is 1. The minimum Gasteiger partial charge on any atom is -0.469 e. The second-order valence-electron chi connectivity index (χ2n) is 6.98. The highest BCUT2D eigenvalue weighted by Gasteiger charge is 2.44. The van der Waals surface area contributed by atoms with E-state index in [1.807, 2.05) is 19.2 Å². The van der Waals surface area contributed by atoms with Crippen molar-refractivity contribution in [2.45, 2.75) is 31.1 Å². The van der Waals surface area contributed by atoms with E-state index in [0.717, 1.165) is 43.5 Å². The molecule has 1 aromatic rings. The van der Waals surface area contributed by atoms with Gasteiger partial charge in [0.2, 0.25) is 0 Å². The fourth-order valence-corrected chi connectivity index (χ4v) is 3.80. The summed E-state index contributed by atoms with van der Waals surface area (Å²) in [6, 6.07) is 8.16. The van der Waals surface area contributed by atoms with Crippen molar-refractivity contribution < 1.29 is 9.53 Å². The molecule has 1 aliphatic carbocycles. The largest absolute Gasteiger partial charge is 0.469 e. The number of rotatable bonds is 4. The number of benzene rings is 1. The Morgan fingerprint density at radius 1 is 1.38 bits per heavy atom. The molecule has 5 nitrogen and oxygen atoms in total. The Balaban J connectivity index is 0.00000243. The number of hydrogen-bond acceptors (Lipinski definition) is 3. The van der Waals surface area contributed by atoms with Gasteiger partial charge in [-0.3, -0.25) is 9.79 Å². The summed E-state index contributed by atoms with van der Waals surface area (Å²) in [5, 5.41) is 4.32. The van der Waals surface area contributed by atoms with Crippen LogP contribution >= 0.6 is 35.6 Å². The highest BCUT2D eigenvalue weighted by atomic mass is 127. The third-order valence-corrected chi connectivity index (χ3v) is 5.65. The molecule has 1 heterocycles. The molecule has 0 atom stereocenters. The number of methoxy groups -OCH3 is 1. The van der Waals surface area contributed by atoms with Gasteiger partial charge in [-0.1, -0.05) is 23.7 Å². The number of nitrogens with zero attached hydrogens (tertiary/aromatic N) is 2. The highest BCUT2D eigenvalue weighted by molar-refractivity contribution is 14.0. The number of likely N-dealkylation sites (tertiary alicyclic amines) is 1. The number of guanidine groups is 1. The van der Waals surface area contributed by atoms with E-state index < -0.39 is 0 Å². The Hall–Kier alpha value is -1.02. The normalized spacial score (nSPS) is 19.5. The van der Waals surface area contributed by atoms with Crippen molar-refractivity contribution in [1.29, 1.82) is 0 Å². The molecule has 2 aliphatic rings. The number of piperidine rings is 1. The smallest absolute Gasteiger partial charge is 0.308 e. The predicted octanol–water partition coefficient (Wildman–Crippen LogP) is 3.45. The number of nitrogens with one attached hydrogen (secondary N) is 1. The van der Waals surface area contributed by atoms with Crippen molar-refractivity contribution in [3.8, 4) is 0 Å². The van der Waals surface area contributed by atoms with Crippen molar-refractivity contribution in [3.63, 3.8) is 0 Å². The van der Waals surface area contributed by atoms with Crippen molar-refractivity contribution in [2.75, 3.05) is 33.8 Å². The fraction of sp³-hybridized carbons (Fsp3) is 0.579. The summed E-state index contributed by atoms with van der Waals surface area (Å²) >= 11 is 6.15. The summed E-state index contributed by atoms with van der Waals surface area (Å²) in [6.45, 7) is 2.50. The van der Waals surface area contributed by atoms with Crippen LogP contribution in [0.3, 0.4) is 0 Å². The maximum atomic E-state index is 11.7. The van der Waals surface area contributed by atoms with Crippen LogP contribution in [-0.4, -0.2) is 50.6 Å². The van der Waals surface area contributed by atoms with Crippen LogP contribution in [0.25, 0.3) is 0 Å². The molecular formula is C19H27ClIN3O2. The molecule has 0 unspecified atom stereocenters. The van der Waals surface area contributed by atoms with Gasteiger partial charge in [0.05, 0.1) is 13.0 Å². The Kier molecular flexibility index (Phi) is 7.58. The van der Waals surface area contributed by atoms with E-state index in [2.05, 4.69) is 27.3 Å². The van der Waals surface area contributed by atoms with E-state index in [1.54, 1.807) is 0 Å². The van der Waals surface area contributed by atoms with Crippen LogP contribution in [-0.2, 0) is 14.9 Å². The van der Waals surface area contributed by atoms with Crippen LogP contribution in [0, 0.1) is 5.92 Å². The highest BCUT2D eigenvalue weighted by Crippen LogP contribution is 2.48. The first kappa shape index (κ1) is 21.3. The van der Waals surface area contributed by atoms with Gasteiger partial charge in [0.1, 0.15) is 0 Å². The molecule has 1 aromatic carbocycles. The van der Waals surface area contributed by atoms with E-state index in [9.17, 15) is 4.79 Å². The standard InChI is InChI=1S/C19H26ClN3O2.HI/c1-21-18(23-10-6-14(7-11-23)17(24)25-2)22-13-19(8-9-19)15-4-3-5-16(20)12-15;/h3-5,12,14H,6-11,13H2,1-2H3,(H,21,22);1H. The van der Waals surface area contributed by atoms with Crippen molar-refractivity contribution in [1.82, 2.24) is 10.2 Å². The quantitative estimate of drug-likeness (QED) is 0.303. The molecule has 0 radical (unpaired) electrons. The Morgan fingerprint density at radius 3 is 2.62 bits per heavy atom. The SMILES string of the molecule is CN=C(NCC1(c2cccc(Cl)c2)CC1)N1CCC(C(=O)OC)CC1.I. The van der Waals surface area contributed by atoms with Gasteiger partial charge in [-0.2, -0.15) is 0 Å². The monoisotopic (exact) mass is 491 g/mol. The summed E-state index contributed by atoms with van der Waals surface area (Å²) in [5.74, 6) is 0.831. The molecule has 3 rings (SSSR count). The third kappa shape index (κ3) is 4.82. The minimum absolute atomic E-state index is 0. The van der Waals surface area contributed by atoms with Crippen LogP contribution in [0.1, 0.15) is 31.2 Å². The number of hydrogen-bond donors (Lipinski definition) is 1. The van der Waals surface area contributed by atoms with Gasteiger partial charge in [-0.15, -0.1) is 24.0 Å². The number of halogens is 2. The molecule has 26 heavy (non-hydrogen) atoms. The van der Waals surface area contributed by atoms with Crippen LogP contribution in [0.2, 0.25) is 5.02 Å². The molecule has 0 aromatic heterocycles. The van der Waals surface area contributed by atoms with Crippen molar-refractivity contribution >= 4 is 47.5 Å². The van der Waals surface area contributed by atoms with Gasteiger partial charge in [0, 0.05) is 37.1 Å². The summed E-state index contributed by atoms with van der Waals surface area (Å²) < 4.78 is 4.86. The lowest BCUT2D eigenvalue weighted by atomic mass is 9.95. The van der Waals surface area contributed by atoms with Gasteiger partial charge in [-0.25, -0.2) is 0 Å². The molecule has 1 saturated carbocycles. The average molecular weight is 492 g/mol. The Labute approximate surface area is 177 Å². The molecule has 1 saturated heterocycles. The zero-order valence-corrected chi connectivity index (χ0v) is 18.4. The lowest BCUT2D eigenvalue weighted by Gasteiger charge is -2.33. The van der Waals surface area contributed by atoms with Crippen LogP contribution in [0.5, 0.6) is 0 Å². The first-order chi connectivity index (χ1) is 12.1. The first-order valence-electron chi connectivity index (χ1n) is 8.87. The van der Waals surface area contributed by atoms with Crippen LogP contribution in [0.4, 0.5) is 0 Å². The topological polar surface area (TPSA) is 53.9 Å². The third-order valence-electron chi connectivity index (χ3n) is 5.42. The molecule has 1 aliphatic heterocycles. The van der Waals surface area contributed by atoms with E-state index >= 15 is 0 Å². The number of aliphatic imine (C=N–C) groups is 1. The summed E-state index contributed by atoms with van der Waals surface area (Å²) in [6.07, 6.45) is 3.96. The molecule has 7 heteroatoms. The number of carbonyl (C=O) groups excluding carboxylic acids is 1. The molecule has 1 N–H and O–H groups in total. The molecule has 144 valence electrons. The minimum atomic E-state index is -0.0968. The maximum absolute atomic E-state index is 11.7. The van der Waals surface area contributed by atoms with Gasteiger partial charge in [0.25, 0.3) is 0 Å². The average Bonchev–Trinajstić information content (AvgIpc) is 3.43. The summed E-state index contributed by atoms with van der Waals surface area (Å²) in [4.78, 5) is 18.3. The van der Waals surface area contributed by atoms with E-state index in [4.69, 9.17) is 16.3 Å². The summed E-state index contributed by atoms with van der Waals surface area (Å²) in [7, 11) is 3.27. The maximum Gasteiger partial charge on any atom is 0.308 e. The van der Waals surface area contributed by atoms with Crippen molar-refractivity contribution in [3.05, 3.63) is 34.9 Å². The molecule has 0 amide bonds. The van der Waals surface area contributed by atoms with E-state index in [-0.39, 0.29) is 41.3 Å². The Morgan fingerprint density at radius 2 is 2.08 bits per heavy atom. The molecule has 0 spiro atoms.